The number of rotatable bonds is 2. The topological polar surface area (TPSA) is 54.4 Å². The van der Waals surface area contributed by atoms with Gasteiger partial charge in [0, 0.05) is 5.56 Å². The van der Waals surface area contributed by atoms with E-state index in [2.05, 4.69) is 12.6 Å². The molecule has 0 atom stereocenters. The molecule has 24 heavy (non-hydrogen) atoms. The van der Waals surface area contributed by atoms with Gasteiger partial charge in [0.25, 0.3) is 10.1 Å². The largest absolute Gasteiger partial charge is 0.294 e. The summed E-state index contributed by atoms with van der Waals surface area (Å²) in [6.07, 6.45) is 0. The fraction of sp³-hybridized carbons (Fsp3) is 0. The highest BCUT2D eigenvalue weighted by atomic mass is 32.2. The van der Waals surface area contributed by atoms with E-state index in [9.17, 15) is 13.0 Å². The maximum atomic E-state index is 11.6. The van der Waals surface area contributed by atoms with E-state index in [0.717, 1.165) is 32.3 Å². The van der Waals surface area contributed by atoms with E-state index in [4.69, 9.17) is 0 Å². The Morgan fingerprint density at radius 3 is 2.12 bits per heavy atom. The molecule has 118 valence electrons. The number of benzene rings is 4. The Morgan fingerprint density at radius 1 is 0.792 bits per heavy atom. The molecule has 0 unspecified atom stereocenters. The van der Waals surface area contributed by atoms with Gasteiger partial charge >= 0.3 is 0 Å². The molecule has 0 spiro atoms. The minimum absolute atomic E-state index is 0.284. The zero-order valence-corrected chi connectivity index (χ0v) is 13.5. The minimum atomic E-state index is -4.35. The second-order valence-electron chi connectivity index (χ2n) is 5.79. The van der Waals surface area contributed by atoms with Gasteiger partial charge in [-0.15, -0.1) is 0 Å². The molecule has 0 saturated heterocycles. The first-order valence-electron chi connectivity index (χ1n) is 7.46. The predicted molar refractivity (Wildman–Crippen MR) is 99.5 cm³/mol. The molecule has 0 heterocycles. The molecule has 1 N–H and O–H groups in total. The fourth-order valence-electron chi connectivity index (χ4n) is 3.17. The van der Waals surface area contributed by atoms with E-state index < -0.39 is 10.1 Å². The van der Waals surface area contributed by atoms with Crippen LogP contribution in [0.1, 0.15) is 5.56 Å². The Hall–Kier alpha value is -2.69. The number of hydrogen-bond donors (Lipinski definition) is 1. The lowest BCUT2D eigenvalue weighted by Gasteiger charge is -2.11. The Morgan fingerprint density at radius 2 is 1.42 bits per heavy atom. The van der Waals surface area contributed by atoms with Crippen LogP contribution in [-0.4, -0.2) is 13.0 Å². The van der Waals surface area contributed by atoms with E-state index in [1.54, 1.807) is 12.1 Å². The summed E-state index contributed by atoms with van der Waals surface area (Å²) in [5.74, 6) is 0. The Kier molecular flexibility index (Phi) is 3.20. The van der Waals surface area contributed by atoms with Crippen LogP contribution in [-0.2, 0) is 10.1 Å². The van der Waals surface area contributed by atoms with Gasteiger partial charge in [0.15, 0.2) is 0 Å². The standard InChI is InChI=1S/C20H14O3S/c1-13(24(21,22)23)18-8-4-7-14-9-10-17-11-15-5-2-3-6-16(15)12-19(17)20(14)18/h2-12H,1H2,(H,21,22,23). The second-order valence-corrected chi connectivity index (χ2v) is 7.23. The molecular formula is C20H14O3S. The van der Waals surface area contributed by atoms with Crippen LogP contribution in [0.4, 0.5) is 0 Å². The van der Waals surface area contributed by atoms with E-state index in [1.807, 2.05) is 48.5 Å². The quantitative estimate of drug-likeness (QED) is 0.319. The third-order valence-corrected chi connectivity index (χ3v) is 5.18. The molecule has 4 aromatic rings. The third kappa shape index (κ3) is 2.28. The zero-order chi connectivity index (χ0) is 16.9. The van der Waals surface area contributed by atoms with Gasteiger partial charge in [-0.05, 0) is 44.5 Å². The summed E-state index contributed by atoms with van der Waals surface area (Å²) in [4.78, 5) is -0.284. The van der Waals surface area contributed by atoms with Crippen molar-refractivity contribution in [2.75, 3.05) is 0 Å². The number of fused-ring (bicyclic) bond motifs is 4. The Balaban J connectivity index is 2.20. The molecule has 4 heteroatoms. The van der Waals surface area contributed by atoms with Gasteiger partial charge in [0.05, 0.1) is 4.91 Å². The van der Waals surface area contributed by atoms with Crippen LogP contribution >= 0.6 is 0 Å². The van der Waals surface area contributed by atoms with Crippen LogP contribution in [0.15, 0.2) is 73.3 Å². The Bertz CT molecular complexity index is 1240. The first-order valence-corrected chi connectivity index (χ1v) is 8.90. The van der Waals surface area contributed by atoms with Gasteiger partial charge in [-0.2, -0.15) is 8.42 Å². The lowest BCUT2D eigenvalue weighted by Crippen LogP contribution is -2.00. The Labute approximate surface area is 139 Å². The van der Waals surface area contributed by atoms with Crippen LogP contribution in [0.3, 0.4) is 0 Å². The van der Waals surface area contributed by atoms with Crippen molar-refractivity contribution in [2.45, 2.75) is 0 Å². The van der Waals surface area contributed by atoms with Crippen LogP contribution < -0.4 is 0 Å². The van der Waals surface area contributed by atoms with Gasteiger partial charge in [-0.3, -0.25) is 4.55 Å². The summed E-state index contributed by atoms with van der Waals surface area (Å²) in [5.41, 5.74) is 0.427. The summed E-state index contributed by atoms with van der Waals surface area (Å²) >= 11 is 0. The monoisotopic (exact) mass is 334 g/mol. The minimum Gasteiger partial charge on any atom is -0.282 e. The van der Waals surface area contributed by atoms with Crippen LogP contribution in [0, 0.1) is 0 Å². The summed E-state index contributed by atoms with van der Waals surface area (Å²) in [6, 6.07) is 21.5. The maximum absolute atomic E-state index is 11.6. The maximum Gasteiger partial charge on any atom is 0.294 e. The molecule has 0 aliphatic heterocycles. The first-order chi connectivity index (χ1) is 11.4. The van der Waals surface area contributed by atoms with E-state index >= 15 is 0 Å². The highest BCUT2D eigenvalue weighted by molar-refractivity contribution is 7.95. The van der Waals surface area contributed by atoms with Crippen molar-refractivity contribution in [2.24, 2.45) is 0 Å². The normalized spacial score (nSPS) is 12.0. The lowest BCUT2D eigenvalue weighted by atomic mass is 9.95. The van der Waals surface area contributed by atoms with Crippen molar-refractivity contribution in [3.63, 3.8) is 0 Å². The summed E-state index contributed by atoms with van der Waals surface area (Å²) < 4.78 is 32.6. The lowest BCUT2D eigenvalue weighted by molar-refractivity contribution is 0.496. The predicted octanol–water partition coefficient (Wildman–Crippen LogP) is 5.00. The molecule has 0 amide bonds. The van der Waals surface area contributed by atoms with Crippen molar-refractivity contribution >= 4 is 47.3 Å². The van der Waals surface area contributed by atoms with E-state index in [0.29, 0.717) is 5.56 Å². The van der Waals surface area contributed by atoms with Gasteiger partial charge in [-0.1, -0.05) is 61.2 Å². The first kappa shape index (κ1) is 14.9. The van der Waals surface area contributed by atoms with Crippen molar-refractivity contribution < 1.29 is 13.0 Å². The number of hydrogen-bond acceptors (Lipinski definition) is 2. The summed E-state index contributed by atoms with van der Waals surface area (Å²) in [6.45, 7) is 3.58. The smallest absolute Gasteiger partial charge is 0.282 e. The SMILES string of the molecule is C=C(c1cccc2ccc3cc4ccccc4cc3c12)S(=O)(=O)O. The van der Waals surface area contributed by atoms with Gasteiger partial charge in [0.1, 0.15) is 0 Å². The molecule has 3 nitrogen and oxygen atoms in total. The average molecular weight is 334 g/mol. The van der Waals surface area contributed by atoms with E-state index in [-0.39, 0.29) is 4.91 Å². The van der Waals surface area contributed by atoms with Crippen LogP contribution in [0.5, 0.6) is 0 Å². The molecule has 0 radical (unpaired) electrons. The van der Waals surface area contributed by atoms with Crippen LogP contribution in [0.2, 0.25) is 0 Å². The average Bonchev–Trinajstić information content (AvgIpc) is 2.57. The molecule has 0 aromatic heterocycles. The van der Waals surface area contributed by atoms with E-state index in [1.165, 1.54) is 0 Å². The molecule has 4 rings (SSSR count). The van der Waals surface area contributed by atoms with Crippen molar-refractivity contribution in [1.82, 2.24) is 0 Å². The van der Waals surface area contributed by atoms with Gasteiger partial charge < -0.3 is 0 Å². The summed E-state index contributed by atoms with van der Waals surface area (Å²) in [7, 11) is -4.35. The molecular weight excluding hydrogens is 320 g/mol. The zero-order valence-electron chi connectivity index (χ0n) is 12.7. The van der Waals surface area contributed by atoms with Crippen molar-refractivity contribution in [3.8, 4) is 0 Å². The summed E-state index contributed by atoms with van der Waals surface area (Å²) in [5, 5.41) is 5.83. The highest BCUT2D eigenvalue weighted by Crippen LogP contribution is 2.35. The van der Waals surface area contributed by atoms with Gasteiger partial charge in [0.2, 0.25) is 0 Å². The molecule has 0 bridgehead atoms. The molecule has 0 fully saturated rings. The van der Waals surface area contributed by atoms with Gasteiger partial charge in [-0.25, -0.2) is 0 Å². The third-order valence-electron chi connectivity index (χ3n) is 4.34. The highest BCUT2D eigenvalue weighted by Gasteiger charge is 2.17. The molecule has 0 saturated carbocycles. The molecule has 0 aliphatic carbocycles. The van der Waals surface area contributed by atoms with Crippen molar-refractivity contribution in [3.05, 3.63) is 78.9 Å². The fourth-order valence-corrected chi connectivity index (χ4v) is 3.62. The van der Waals surface area contributed by atoms with Crippen molar-refractivity contribution in [1.29, 1.82) is 0 Å². The second kappa shape index (κ2) is 5.16. The molecule has 0 aliphatic rings. The molecule has 4 aromatic carbocycles. The van der Waals surface area contributed by atoms with Crippen LogP contribution in [0.25, 0.3) is 37.2 Å².